The summed E-state index contributed by atoms with van der Waals surface area (Å²) in [6.07, 6.45) is 0. The Balaban J connectivity index is 1.71. The zero-order valence-electron chi connectivity index (χ0n) is 12.9. The lowest BCUT2D eigenvalue weighted by atomic mass is 10.1. The number of rotatable bonds is 3. The molecule has 9 heteroatoms. The Kier molecular flexibility index (Phi) is 3.55. The first kappa shape index (κ1) is 16.0. The molecule has 128 valence electrons. The highest BCUT2D eigenvalue weighted by molar-refractivity contribution is 6.34. The molecule has 0 fully saturated rings. The normalized spacial score (nSPS) is 13.2. The molecule has 8 nitrogen and oxygen atoms in total. The number of benzene rings is 2. The van der Waals surface area contributed by atoms with Crippen LogP contribution in [0.25, 0.3) is 11.4 Å². The second kappa shape index (κ2) is 5.78. The van der Waals surface area contributed by atoms with E-state index in [0.717, 1.165) is 4.90 Å². The first-order chi connectivity index (χ1) is 12.5. The minimum Gasteiger partial charge on any atom is -0.478 e. The van der Waals surface area contributed by atoms with E-state index in [-0.39, 0.29) is 22.6 Å². The van der Waals surface area contributed by atoms with E-state index in [2.05, 4.69) is 15.2 Å². The quantitative estimate of drug-likeness (QED) is 0.686. The van der Waals surface area contributed by atoms with Crippen LogP contribution in [0.4, 0.5) is 5.95 Å². The van der Waals surface area contributed by atoms with Gasteiger partial charge in [0, 0.05) is 10.6 Å². The van der Waals surface area contributed by atoms with Crippen molar-refractivity contribution in [1.29, 1.82) is 0 Å². The minimum atomic E-state index is -1.19. The number of aromatic amines is 1. The number of nitrogens with zero attached hydrogens (tertiary/aromatic N) is 3. The summed E-state index contributed by atoms with van der Waals surface area (Å²) in [5.74, 6) is -2.22. The maximum atomic E-state index is 12.6. The summed E-state index contributed by atoms with van der Waals surface area (Å²) >= 11 is 5.85. The number of imide groups is 1. The Labute approximate surface area is 151 Å². The SMILES string of the molecule is O=C(O)c1ccc2c(c1)C(=O)N(c1n[nH]c(-c3ccc(Cl)cc3)n1)C2=O. The summed E-state index contributed by atoms with van der Waals surface area (Å²) in [4.78, 5) is 41.2. The number of nitrogens with one attached hydrogen (secondary N) is 1. The van der Waals surface area contributed by atoms with Gasteiger partial charge in [0.1, 0.15) is 0 Å². The number of carboxylic acid groups (broad SMARTS) is 1. The summed E-state index contributed by atoms with van der Waals surface area (Å²) in [5.41, 5.74) is 0.715. The van der Waals surface area contributed by atoms with Gasteiger partial charge in [-0.15, -0.1) is 5.10 Å². The van der Waals surface area contributed by atoms with Crippen molar-refractivity contribution in [2.45, 2.75) is 0 Å². The lowest BCUT2D eigenvalue weighted by molar-refractivity contribution is 0.0696. The maximum Gasteiger partial charge on any atom is 0.335 e. The molecule has 4 rings (SSSR count). The molecule has 0 saturated heterocycles. The maximum absolute atomic E-state index is 12.6. The molecule has 0 spiro atoms. The van der Waals surface area contributed by atoms with E-state index in [4.69, 9.17) is 16.7 Å². The molecule has 1 aromatic heterocycles. The number of hydrogen-bond acceptors (Lipinski definition) is 5. The van der Waals surface area contributed by atoms with Crippen LogP contribution in [0.1, 0.15) is 31.1 Å². The fourth-order valence-corrected chi connectivity index (χ4v) is 2.77. The van der Waals surface area contributed by atoms with Crippen LogP contribution in [0.3, 0.4) is 0 Å². The molecular formula is C17H9ClN4O4. The summed E-state index contributed by atoms with van der Waals surface area (Å²) in [7, 11) is 0. The van der Waals surface area contributed by atoms with E-state index in [1.165, 1.54) is 18.2 Å². The number of aromatic nitrogens is 3. The van der Waals surface area contributed by atoms with Crippen LogP contribution >= 0.6 is 11.6 Å². The number of halogens is 1. The van der Waals surface area contributed by atoms with Crippen LogP contribution in [0.5, 0.6) is 0 Å². The molecule has 3 aromatic rings. The molecule has 0 bridgehead atoms. The van der Waals surface area contributed by atoms with E-state index in [1.807, 2.05) is 0 Å². The number of carboxylic acids is 1. The van der Waals surface area contributed by atoms with Crippen LogP contribution in [-0.4, -0.2) is 38.1 Å². The van der Waals surface area contributed by atoms with E-state index < -0.39 is 17.8 Å². The lowest BCUT2D eigenvalue weighted by Gasteiger charge is -2.07. The largest absolute Gasteiger partial charge is 0.478 e. The van der Waals surface area contributed by atoms with Gasteiger partial charge in [-0.25, -0.2) is 9.69 Å². The third-order valence-electron chi connectivity index (χ3n) is 3.92. The molecule has 26 heavy (non-hydrogen) atoms. The van der Waals surface area contributed by atoms with Crippen molar-refractivity contribution < 1.29 is 19.5 Å². The molecule has 1 aliphatic rings. The lowest BCUT2D eigenvalue weighted by Crippen LogP contribution is -2.30. The Morgan fingerprint density at radius 1 is 1.04 bits per heavy atom. The van der Waals surface area contributed by atoms with E-state index in [1.54, 1.807) is 24.3 Å². The number of amides is 2. The predicted octanol–water partition coefficient (Wildman–Crippen LogP) is 2.62. The van der Waals surface area contributed by atoms with Crippen molar-refractivity contribution in [3.63, 3.8) is 0 Å². The third-order valence-corrected chi connectivity index (χ3v) is 4.18. The van der Waals surface area contributed by atoms with E-state index in [0.29, 0.717) is 16.4 Å². The van der Waals surface area contributed by atoms with Gasteiger partial charge in [0.05, 0.1) is 16.7 Å². The van der Waals surface area contributed by atoms with Gasteiger partial charge in [0.15, 0.2) is 5.82 Å². The summed E-state index contributed by atoms with van der Waals surface area (Å²) < 4.78 is 0. The molecule has 2 aromatic carbocycles. The van der Waals surface area contributed by atoms with Crippen molar-refractivity contribution in [2.24, 2.45) is 0 Å². The second-order valence-corrected chi connectivity index (χ2v) is 5.94. The molecule has 0 atom stereocenters. The van der Waals surface area contributed by atoms with Gasteiger partial charge >= 0.3 is 5.97 Å². The molecule has 2 heterocycles. The zero-order valence-corrected chi connectivity index (χ0v) is 13.7. The van der Waals surface area contributed by atoms with Crippen molar-refractivity contribution in [3.8, 4) is 11.4 Å². The van der Waals surface area contributed by atoms with Crippen LogP contribution in [0.15, 0.2) is 42.5 Å². The topological polar surface area (TPSA) is 116 Å². The average Bonchev–Trinajstić information content (AvgIpc) is 3.19. The van der Waals surface area contributed by atoms with Crippen LogP contribution in [0, 0.1) is 0 Å². The van der Waals surface area contributed by atoms with Gasteiger partial charge in [-0.1, -0.05) is 11.6 Å². The Hall–Kier alpha value is -3.52. The fourth-order valence-electron chi connectivity index (χ4n) is 2.65. The summed E-state index contributed by atoms with van der Waals surface area (Å²) in [6.45, 7) is 0. The van der Waals surface area contributed by atoms with E-state index in [9.17, 15) is 14.4 Å². The van der Waals surface area contributed by atoms with Crippen LogP contribution < -0.4 is 4.90 Å². The van der Waals surface area contributed by atoms with Gasteiger partial charge in [0.25, 0.3) is 17.8 Å². The molecule has 1 aliphatic heterocycles. The minimum absolute atomic E-state index is 0.00717. The van der Waals surface area contributed by atoms with E-state index >= 15 is 0 Å². The summed E-state index contributed by atoms with van der Waals surface area (Å²) in [5, 5.41) is 16.2. The molecule has 2 N–H and O–H groups in total. The fraction of sp³-hybridized carbons (Fsp3) is 0. The standard InChI is InChI=1S/C17H9ClN4O4/c18-10-4-1-8(2-5-10)13-19-17(21-20-13)22-14(23)11-6-3-9(16(25)26)7-12(11)15(22)24/h1-7H,(H,25,26)(H,19,20,21). The van der Waals surface area contributed by atoms with Crippen molar-refractivity contribution in [2.75, 3.05) is 4.90 Å². The highest BCUT2D eigenvalue weighted by atomic mass is 35.5. The van der Waals surface area contributed by atoms with Gasteiger partial charge in [0.2, 0.25) is 0 Å². The Bertz CT molecular complexity index is 1070. The van der Waals surface area contributed by atoms with Crippen molar-refractivity contribution in [1.82, 2.24) is 15.2 Å². The van der Waals surface area contributed by atoms with Gasteiger partial charge in [-0.2, -0.15) is 4.98 Å². The zero-order chi connectivity index (χ0) is 18.4. The predicted molar refractivity (Wildman–Crippen MR) is 91.4 cm³/mol. The first-order valence-electron chi connectivity index (χ1n) is 7.40. The van der Waals surface area contributed by atoms with Crippen molar-refractivity contribution >= 4 is 35.3 Å². The molecule has 2 amide bonds. The number of hydrogen-bond donors (Lipinski definition) is 2. The molecular weight excluding hydrogens is 360 g/mol. The van der Waals surface area contributed by atoms with Crippen molar-refractivity contribution in [3.05, 3.63) is 64.2 Å². The molecule has 0 radical (unpaired) electrons. The number of carbonyl (C=O) groups is 3. The Morgan fingerprint density at radius 3 is 2.42 bits per heavy atom. The second-order valence-electron chi connectivity index (χ2n) is 5.50. The van der Waals surface area contributed by atoms with Gasteiger partial charge in [-0.3, -0.25) is 14.7 Å². The molecule has 0 saturated carbocycles. The van der Waals surface area contributed by atoms with Gasteiger partial charge < -0.3 is 5.11 Å². The summed E-state index contributed by atoms with van der Waals surface area (Å²) in [6, 6.07) is 10.5. The third kappa shape index (κ3) is 2.44. The monoisotopic (exact) mass is 368 g/mol. The average molecular weight is 369 g/mol. The molecule has 0 aliphatic carbocycles. The van der Waals surface area contributed by atoms with Gasteiger partial charge in [-0.05, 0) is 42.5 Å². The smallest absolute Gasteiger partial charge is 0.335 e. The van der Waals surface area contributed by atoms with Crippen LogP contribution in [0.2, 0.25) is 5.02 Å². The number of anilines is 1. The highest BCUT2D eigenvalue weighted by Gasteiger charge is 2.39. The molecule has 0 unspecified atom stereocenters. The van der Waals surface area contributed by atoms with Crippen LogP contribution in [-0.2, 0) is 0 Å². The number of carbonyl (C=O) groups excluding carboxylic acids is 2. The first-order valence-corrected chi connectivity index (χ1v) is 7.78. The Morgan fingerprint density at radius 2 is 1.73 bits per heavy atom. The number of aromatic carboxylic acids is 1. The number of fused-ring (bicyclic) bond motifs is 1. The number of H-pyrrole nitrogens is 1. The highest BCUT2D eigenvalue weighted by Crippen LogP contribution is 2.28.